The van der Waals surface area contributed by atoms with E-state index in [1.807, 2.05) is 19.9 Å². The Balaban J connectivity index is 2.90. The molecule has 0 aromatic heterocycles. The van der Waals surface area contributed by atoms with E-state index >= 15 is 0 Å². The van der Waals surface area contributed by atoms with Gasteiger partial charge in [0.2, 0.25) is 0 Å². The molecule has 5 heteroatoms. The van der Waals surface area contributed by atoms with Crippen molar-refractivity contribution in [1.82, 2.24) is 0 Å². The first-order valence-electron chi connectivity index (χ1n) is 5.17. The summed E-state index contributed by atoms with van der Waals surface area (Å²) in [4.78, 5) is 10.4. The molecule has 0 heterocycles. The average Bonchev–Trinajstić information content (AvgIpc) is 2.20. The topological polar surface area (TPSA) is 75.4 Å². The van der Waals surface area contributed by atoms with Crippen molar-refractivity contribution in [2.24, 2.45) is 0 Å². The van der Waals surface area contributed by atoms with Crippen molar-refractivity contribution in [3.8, 4) is 0 Å². The van der Waals surface area contributed by atoms with E-state index in [2.05, 4.69) is 5.32 Å². The molecule has 0 aliphatic rings. The van der Waals surface area contributed by atoms with Crippen LogP contribution in [0.4, 0.5) is 11.4 Å². The summed E-state index contributed by atoms with van der Waals surface area (Å²) in [5.74, 6) is 0. The van der Waals surface area contributed by atoms with Crippen LogP contribution in [-0.2, 0) is 0 Å². The molecule has 0 saturated carbocycles. The minimum atomic E-state index is -0.402. The number of nitro groups is 1. The number of aliphatic hydroxyl groups is 1. The maximum absolute atomic E-state index is 10.8. The first-order valence-corrected chi connectivity index (χ1v) is 5.17. The zero-order chi connectivity index (χ0) is 12.1. The Morgan fingerprint density at radius 1 is 1.56 bits per heavy atom. The Morgan fingerprint density at radius 2 is 2.25 bits per heavy atom. The van der Waals surface area contributed by atoms with Crippen LogP contribution in [0, 0.1) is 17.0 Å². The summed E-state index contributed by atoms with van der Waals surface area (Å²) < 4.78 is 0. The Morgan fingerprint density at radius 3 is 2.81 bits per heavy atom. The van der Waals surface area contributed by atoms with Crippen LogP contribution in [0.1, 0.15) is 18.9 Å². The summed E-state index contributed by atoms with van der Waals surface area (Å²) in [7, 11) is 0. The van der Waals surface area contributed by atoms with Crippen molar-refractivity contribution in [3.63, 3.8) is 0 Å². The molecule has 0 radical (unpaired) electrons. The fraction of sp³-hybridized carbons (Fsp3) is 0.455. The van der Waals surface area contributed by atoms with E-state index in [4.69, 9.17) is 5.11 Å². The molecule has 0 fully saturated rings. The standard InChI is InChI=1S/C11H16N2O3/c1-8-3-4-10(11(7-8)13(15)16)12-9(2)5-6-14/h3-4,7,9,12,14H,5-6H2,1-2H3. The minimum Gasteiger partial charge on any atom is -0.396 e. The van der Waals surface area contributed by atoms with Gasteiger partial charge in [0.1, 0.15) is 5.69 Å². The second-order valence-corrected chi connectivity index (χ2v) is 3.84. The maximum Gasteiger partial charge on any atom is 0.292 e. The third kappa shape index (κ3) is 3.20. The van der Waals surface area contributed by atoms with Crippen LogP contribution < -0.4 is 5.32 Å². The molecule has 0 bridgehead atoms. The zero-order valence-electron chi connectivity index (χ0n) is 9.43. The second kappa shape index (κ2) is 5.46. The van der Waals surface area contributed by atoms with Gasteiger partial charge in [0, 0.05) is 18.7 Å². The summed E-state index contributed by atoms with van der Waals surface area (Å²) in [6, 6.07) is 5.06. The lowest BCUT2D eigenvalue weighted by Gasteiger charge is -2.14. The van der Waals surface area contributed by atoms with Gasteiger partial charge in [-0.25, -0.2) is 0 Å². The van der Waals surface area contributed by atoms with Crippen LogP contribution in [0.3, 0.4) is 0 Å². The van der Waals surface area contributed by atoms with Gasteiger partial charge in [-0.15, -0.1) is 0 Å². The van der Waals surface area contributed by atoms with E-state index in [9.17, 15) is 10.1 Å². The van der Waals surface area contributed by atoms with Crippen LogP contribution in [-0.4, -0.2) is 22.7 Å². The fourth-order valence-electron chi connectivity index (χ4n) is 1.45. The lowest BCUT2D eigenvalue weighted by atomic mass is 10.1. The number of rotatable bonds is 5. The zero-order valence-corrected chi connectivity index (χ0v) is 9.43. The Bertz CT molecular complexity index is 379. The maximum atomic E-state index is 10.8. The summed E-state index contributed by atoms with van der Waals surface area (Å²) in [5.41, 5.74) is 1.42. The Hall–Kier alpha value is -1.62. The van der Waals surface area contributed by atoms with Crippen molar-refractivity contribution < 1.29 is 10.0 Å². The van der Waals surface area contributed by atoms with Crippen molar-refractivity contribution in [2.45, 2.75) is 26.3 Å². The summed E-state index contributed by atoms with van der Waals surface area (Å²) in [5, 5.41) is 22.6. The molecule has 1 unspecified atom stereocenters. The molecule has 5 nitrogen and oxygen atoms in total. The molecule has 1 atom stereocenters. The monoisotopic (exact) mass is 224 g/mol. The first kappa shape index (κ1) is 12.4. The summed E-state index contributed by atoms with van der Waals surface area (Å²) in [6.07, 6.45) is 0.561. The highest BCUT2D eigenvalue weighted by atomic mass is 16.6. The highest BCUT2D eigenvalue weighted by Crippen LogP contribution is 2.26. The highest BCUT2D eigenvalue weighted by Gasteiger charge is 2.14. The van der Waals surface area contributed by atoms with Crippen molar-refractivity contribution in [1.29, 1.82) is 0 Å². The van der Waals surface area contributed by atoms with Gasteiger partial charge >= 0.3 is 0 Å². The predicted octanol–water partition coefficient (Wildman–Crippen LogP) is 2.09. The molecule has 0 amide bonds. The molecule has 88 valence electrons. The average molecular weight is 224 g/mol. The minimum absolute atomic E-state index is 0.00593. The van der Waals surface area contributed by atoms with Gasteiger partial charge in [-0.2, -0.15) is 0 Å². The number of hydrogen-bond donors (Lipinski definition) is 2. The molecular formula is C11H16N2O3. The SMILES string of the molecule is Cc1ccc(NC(C)CCO)c([N+](=O)[O-])c1. The number of nitrogens with zero attached hydrogens (tertiary/aromatic N) is 1. The highest BCUT2D eigenvalue weighted by molar-refractivity contribution is 5.62. The summed E-state index contributed by atoms with van der Waals surface area (Å²) in [6.45, 7) is 3.75. The number of benzene rings is 1. The van der Waals surface area contributed by atoms with Gasteiger partial charge in [-0.3, -0.25) is 10.1 Å². The number of aryl methyl sites for hydroxylation is 1. The molecule has 16 heavy (non-hydrogen) atoms. The van der Waals surface area contributed by atoms with Gasteiger partial charge in [0.15, 0.2) is 0 Å². The van der Waals surface area contributed by atoms with E-state index in [1.165, 1.54) is 6.07 Å². The lowest BCUT2D eigenvalue weighted by molar-refractivity contribution is -0.384. The van der Waals surface area contributed by atoms with Crippen LogP contribution in [0.5, 0.6) is 0 Å². The number of anilines is 1. The molecule has 1 aromatic carbocycles. The van der Waals surface area contributed by atoms with Crippen LogP contribution >= 0.6 is 0 Å². The van der Waals surface area contributed by atoms with Crippen LogP contribution in [0.2, 0.25) is 0 Å². The number of nitrogens with one attached hydrogen (secondary N) is 1. The molecule has 0 aliphatic carbocycles. The Kier molecular flexibility index (Phi) is 4.25. The normalized spacial score (nSPS) is 12.2. The number of nitro benzene ring substituents is 1. The number of aliphatic hydroxyl groups excluding tert-OH is 1. The van der Waals surface area contributed by atoms with Crippen molar-refractivity contribution in [3.05, 3.63) is 33.9 Å². The molecule has 1 aromatic rings. The summed E-state index contributed by atoms with van der Waals surface area (Å²) >= 11 is 0. The number of hydrogen-bond acceptors (Lipinski definition) is 4. The van der Waals surface area contributed by atoms with Gasteiger partial charge in [-0.1, -0.05) is 6.07 Å². The fourth-order valence-corrected chi connectivity index (χ4v) is 1.45. The van der Waals surface area contributed by atoms with E-state index in [-0.39, 0.29) is 18.3 Å². The van der Waals surface area contributed by atoms with Crippen molar-refractivity contribution in [2.75, 3.05) is 11.9 Å². The molecule has 0 saturated heterocycles. The van der Waals surface area contributed by atoms with E-state index in [1.54, 1.807) is 6.07 Å². The largest absolute Gasteiger partial charge is 0.396 e. The molecule has 0 aliphatic heterocycles. The van der Waals surface area contributed by atoms with Crippen LogP contribution in [0.15, 0.2) is 18.2 Å². The van der Waals surface area contributed by atoms with Gasteiger partial charge in [0.05, 0.1) is 4.92 Å². The van der Waals surface area contributed by atoms with Gasteiger partial charge in [-0.05, 0) is 31.9 Å². The Labute approximate surface area is 94.3 Å². The van der Waals surface area contributed by atoms with Gasteiger partial charge in [0.25, 0.3) is 5.69 Å². The third-order valence-electron chi connectivity index (χ3n) is 2.31. The molecule has 1 rings (SSSR count). The van der Waals surface area contributed by atoms with E-state index < -0.39 is 4.92 Å². The first-order chi connectivity index (χ1) is 7.54. The molecule has 0 spiro atoms. The van der Waals surface area contributed by atoms with Crippen LogP contribution in [0.25, 0.3) is 0 Å². The van der Waals surface area contributed by atoms with E-state index in [0.29, 0.717) is 12.1 Å². The quantitative estimate of drug-likeness (QED) is 0.593. The second-order valence-electron chi connectivity index (χ2n) is 3.84. The van der Waals surface area contributed by atoms with Gasteiger partial charge < -0.3 is 10.4 Å². The van der Waals surface area contributed by atoms with Crippen molar-refractivity contribution >= 4 is 11.4 Å². The van der Waals surface area contributed by atoms with E-state index in [0.717, 1.165) is 5.56 Å². The molecular weight excluding hydrogens is 208 g/mol. The third-order valence-corrected chi connectivity index (χ3v) is 2.31. The lowest BCUT2D eigenvalue weighted by Crippen LogP contribution is -2.17. The molecule has 2 N–H and O–H groups in total. The predicted molar refractivity (Wildman–Crippen MR) is 62.6 cm³/mol. The smallest absolute Gasteiger partial charge is 0.292 e.